The average Bonchev–Trinajstić information content (AvgIpc) is 2.97. The minimum Gasteiger partial charge on any atom is -0.303 e. The lowest BCUT2D eigenvalue weighted by Crippen LogP contribution is -2.50. The third-order valence-electron chi connectivity index (χ3n) is 4.28. The molecule has 2 heterocycles. The number of piperidine rings is 1. The highest BCUT2D eigenvalue weighted by molar-refractivity contribution is 7.89. The third-order valence-corrected chi connectivity index (χ3v) is 7.17. The van der Waals surface area contributed by atoms with E-state index < -0.39 is 14.9 Å². The number of hydrogen-bond donors (Lipinski definition) is 0. The van der Waals surface area contributed by atoms with Gasteiger partial charge in [-0.15, -0.1) is 0 Å². The summed E-state index contributed by atoms with van der Waals surface area (Å²) in [6, 6.07) is 1.06. The van der Waals surface area contributed by atoms with Crippen LogP contribution in [0.15, 0.2) is 16.3 Å². The van der Waals surface area contributed by atoms with Crippen molar-refractivity contribution in [2.75, 3.05) is 26.7 Å². The molecule has 1 aliphatic heterocycles. The van der Waals surface area contributed by atoms with Gasteiger partial charge in [0.15, 0.2) is 0 Å². The summed E-state index contributed by atoms with van der Waals surface area (Å²) in [5.74, 6) is 0.224. The Hall–Kier alpha value is -1.03. The van der Waals surface area contributed by atoms with Crippen LogP contribution >= 0.6 is 11.3 Å². The topological polar surface area (TPSA) is 83.8 Å². The van der Waals surface area contributed by atoms with Gasteiger partial charge >= 0.3 is 5.00 Å². The Morgan fingerprint density at radius 2 is 2.23 bits per heavy atom. The molecule has 1 saturated heterocycles. The van der Waals surface area contributed by atoms with Crippen LogP contribution in [0.25, 0.3) is 0 Å². The third kappa shape index (κ3) is 3.32. The maximum Gasteiger partial charge on any atom is 0.325 e. The molecule has 0 amide bonds. The van der Waals surface area contributed by atoms with Crippen LogP contribution in [0, 0.1) is 16.0 Å². The monoisotopic (exact) mass is 347 g/mol. The lowest BCUT2D eigenvalue weighted by molar-refractivity contribution is -0.380. The molecule has 22 heavy (non-hydrogen) atoms. The van der Waals surface area contributed by atoms with Crippen molar-refractivity contribution in [3.63, 3.8) is 0 Å². The van der Waals surface area contributed by atoms with Crippen molar-refractivity contribution in [1.29, 1.82) is 0 Å². The molecule has 1 fully saturated rings. The lowest BCUT2D eigenvalue weighted by atomic mass is 9.94. The van der Waals surface area contributed by atoms with Gasteiger partial charge in [-0.05, 0) is 25.4 Å². The van der Waals surface area contributed by atoms with Crippen molar-refractivity contribution in [3.05, 3.63) is 21.6 Å². The predicted octanol–water partition coefficient (Wildman–Crippen LogP) is 2.01. The molecule has 0 radical (unpaired) electrons. The van der Waals surface area contributed by atoms with Crippen molar-refractivity contribution in [2.24, 2.45) is 5.92 Å². The Bertz CT molecular complexity index is 643. The highest BCUT2D eigenvalue weighted by Crippen LogP contribution is 2.31. The van der Waals surface area contributed by atoms with Crippen molar-refractivity contribution in [1.82, 2.24) is 9.21 Å². The maximum absolute atomic E-state index is 12.7. The van der Waals surface area contributed by atoms with Crippen LogP contribution in [-0.4, -0.2) is 55.3 Å². The van der Waals surface area contributed by atoms with Gasteiger partial charge in [0.1, 0.15) is 4.90 Å². The molecule has 0 bridgehead atoms. The maximum atomic E-state index is 12.7. The molecule has 2 rings (SSSR count). The van der Waals surface area contributed by atoms with Gasteiger partial charge in [-0.3, -0.25) is 10.1 Å². The van der Waals surface area contributed by atoms with Crippen molar-refractivity contribution in [2.45, 2.75) is 31.2 Å². The Labute approximate surface area is 134 Å². The summed E-state index contributed by atoms with van der Waals surface area (Å²) in [5, 5.41) is 11.9. The van der Waals surface area contributed by atoms with Crippen LogP contribution in [0.5, 0.6) is 0 Å². The van der Waals surface area contributed by atoms with Crippen LogP contribution < -0.4 is 0 Å². The summed E-state index contributed by atoms with van der Waals surface area (Å²) in [6.45, 7) is 6.84. The first kappa shape index (κ1) is 17.3. The molecular weight excluding hydrogens is 326 g/mol. The number of sulfonamides is 1. The Balaban J connectivity index is 2.19. The van der Waals surface area contributed by atoms with Gasteiger partial charge in [-0.1, -0.05) is 25.2 Å². The van der Waals surface area contributed by atoms with Crippen molar-refractivity contribution >= 4 is 26.4 Å². The summed E-state index contributed by atoms with van der Waals surface area (Å²) >= 11 is 0.840. The van der Waals surface area contributed by atoms with Crippen LogP contribution in [0.1, 0.15) is 20.3 Å². The Morgan fingerprint density at radius 1 is 1.55 bits per heavy atom. The lowest BCUT2D eigenvalue weighted by Gasteiger charge is -2.40. The standard InChI is InChI=1S/C13H21N3O4S2/c1-4-15-6-5-12(10(2)8-15)14(3)22(19,20)11-7-13(16(17)18)21-9-11/h7,9-10,12H,4-6,8H2,1-3H3/t10-,12-/m0/s1. The molecule has 0 unspecified atom stereocenters. The van der Waals surface area contributed by atoms with E-state index in [0.29, 0.717) is 0 Å². The first-order valence-electron chi connectivity index (χ1n) is 7.20. The first-order chi connectivity index (χ1) is 10.3. The zero-order valence-corrected chi connectivity index (χ0v) is 14.6. The fourth-order valence-electron chi connectivity index (χ4n) is 2.93. The number of hydrogen-bond acceptors (Lipinski definition) is 6. The summed E-state index contributed by atoms with van der Waals surface area (Å²) in [4.78, 5) is 12.5. The van der Waals surface area contributed by atoms with E-state index in [1.54, 1.807) is 7.05 Å². The average molecular weight is 347 g/mol. The zero-order chi connectivity index (χ0) is 16.5. The van der Waals surface area contributed by atoms with Gasteiger partial charge in [0, 0.05) is 31.1 Å². The molecule has 9 heteroatoms. The number of nitrogens with zero attached hydrogens (tertiary/aromatic N) is 3. The van der Waals surface area contributed by atoms with Crippen LogP contribution in [0.3, 0.4) is 0 Å². The second kappa shape index (κ2) is 6.61. The van der Waals surface area contributed by atoms with Crippen LogP contribution in [0.2, 0.25) is 0 Å². The minimum atomic E-state index is -3.69. The first-order valence-corrected chi connectivity index (χ1v) is 9.52. The van der Waals surface area contributed by atoms with Crippen molar-refractivity contribution in [3.8, 4) is 0 Å². The predicted molar refractivity (Wildman–Crippen MR) is 85.6 cm³/mol. The van der Waals surface area contributed by atoms with E-state index in [4.69, 9.17) is 0 Å². The number of rotatable bonds is 5. The van der Waals surface area contributed by atoms with Gasteiger partial charge in [-0.25, -0.2) is 8.42 Å². The molecule has 1 aromatic rings. The van der Waals surface area contributed by atoms with E-state index in [1.165, 1.54) is 9.69 Å². The van der Waals surface area contributed by atoms with E-state index in [-0.39, 0.29) is 21.9 Å². The van der Waals surface area contributed by atoms with E-state index in [2.05, 4.69) is 18.7 Å². The summed E-state index contributed by atoms with van der Waals surface area (Å²) in [7, 11) is -2.12. The summed E-state index contributed by atoms with van der Waals surface area (Å²) in [5.41, 5.74) is 0. The molecule has 0 saturated carbocycles. The van der Waals surface area contributed by atoms with Crippen LogP contribution in [-0.2, 0) is 10.0 Å². The van der Waals surface area contributed by atoms with E-state index in [1.807, 2.05) is 0 Å². The second-order valence-corrected chi connectivity index (χ2v) is 8.51. The molecule has 0 aliphatic carbocycles. The zero-order valence-electron chi connectivity index (χ0n) is 12.9. The molecule has 7 nitrogen and oxygen atoms in total. The van der Waals surface area contributed by atoms with Crippen molar-refractivity contribution < 1.29 is 13.3 Å². The minimum absolute atomic E-state index is 0.0109. The fourth-order valence-corrected chi connectivity index (χ4v) is 5.48. The van der Waals surface area contributed by atoms with E-state index >= 15 is 0 Å². The second-order valence-electron chi connectivity index (χ2n) is 5.63. The number of thiophene rings is 1. The molecule has 0 N–H and O–H groups in total. The molecule has 0 spiro atoms. The number of likely N-dealkylation sites (tertiary alicyclic amines) is 1. The van der Waals surface area contributed by atoms with Crippen LogP contribution in [0.4, 0.5) is 5.00 Å². The largest absolute Gasteiger partial charge is 0.325 e. The van der Waals surface area contributed by atoms with Gasteiger partial charge in [0.25, 0.3) is 0 Å². The quantitative estimate of drug-likeness (QED) is 0.601. The van der Waals surface area contributed by atoms with E-state index in [0.717, 1.165) is 43.5 Å². The Morgan fingerprint density at radius 3 is 2.73 bits per heavy atom. The van der Waals surface area contributed by atoms with Gasteiger partial charge in [-0.2, -0.15) is 4.31 Å². The molecule has 2 atom stereocenters. The van der Waals surface area contributed by atoms with Gasteiger partial charge in [0.2, 0.25) is 10.0 Å². The number of nitro groups is 1. The highest BCUT2D eigenvalue weighted by Gasteiger charge is 2.35. The van der Waals surface area contributed by atoms with Gasteiger partial charge in [0.05, 0.1) is 4.92 Å². The SMILES string of the molecule is CCN1CC[C@H](N(C)S(=O)(=O)c2csc([N+](=O)[O-])c2)[C@@H](C)C1. The normalized spacial score (nSPS) is 23.8. The summed E-state index contributed by atoms with van der Waals surface area (Å²) < 4.78 is 26.7. The summed E-state index contributed by atoms with van der Waals surface area (Å²) in [6.07, 6.45) is 0.775. The highest BCUT2D eigenvalue weighted by atomic mass is 32.2. The molecule has 1 aromatic heterocycles. The smallest absolute Gasteiger partial charge is 0.303 e. The fraction of sp³-hybridized carbons (Fsp3) is 0.692. The molecule has 0 aromatic carbocycles. The Kier molecular flexibility index (Phi) is 5.21. The van der Waals surface area contributed by atoms with Gasteiger partial charge < -0.3 is 4.90 Å². The molecule has 1 aliphatic rings. The van der Waals surface area contributed by atoms with E-state index in [9.17, 15) is 18.5 Å². The molecular formula is C13H21N3O4S2. The molecule has 124 valence electrons.